The van der Waals surface area contributed by atoms with Crippen molar-refractivity contribution < 1.29 is 14.3 Å². The minimum absolute atomic E-state index is 0.0448. The van der Waals surface area contributed by atoms with E-state index in [0.29, 0.717) is 31.0 Å². The number of aromatic nitrogens is 3. The van der Waals surface area contributed by atoms with E-state index < -0.39 is 0 Å². The second-order valence-corrected chi connectivity index (χ2v) is 7.49. The summed E-state index contributed by atoms with van der Waals surface area (Å²) >= 11 is 0. The lowest BCUT2D eigenvalue weighted by Gasteiger charge is -2.35. The Kier molecular flexibility index (Phi) is 5.42. The predicted molar refractivity (Wildman–Crippen MR) is 105 cm³/mol. The number of carbonyl (C=O) groups excluding carboxylic acids is 2. The number of hydrogen-bond acceptors (Lipinski definition) is 6. The van der Waals surface area contributed by atoms with Crippen molar-refractivity contribution in [3.8, 4) is 5.88 Å². The van der Waals surface area contributed by atoms with E-state index in [1.54, 1.807) is 31.1 Å². The van der Waals surface area contributed by atoms with Crippen LogP contribution in [0.25, 0.3) is 0 Å². The van der Waals surface area contributed by atoms with Gasteiger partial charge in [0.2, 0.25) is 11.8 Å². The Hall–Kier alpha value is -3.03. The Balaban J connectivity index is 1.50. The number of nitrogens with zero attached hydrogens (tertiary/aromatic N) is 5. The third kappa shape index (κ3) is 3.92. The van der Waals surface area contributed by atoms with Crippen molar-refractivity contribution in [3.05, 3.63) is 47.2 Å². The summed E-state index contributed by atoms with van der Waals surface area (Å²) in [6.07, 6.45) is 7.03. The van der Waals surface area contributed by atoms with E-state index in [1.807, 2.05) is 11.1 Å². The summed E-state index contributed by atoms with van der Waals surface area (Å²) in [6, 6.07) is 3.37. The van der Waals surface area contributed by atoms with Crippen molar-refractivity contribution >= 4 is 11.8 Å². The molecule has 0 aromatic carbocycles. The maximum atomic E-state index is 12.8. The molecule has 0 aliphatic carbocycles. The van der Waals surface area contributed by atoms with E-state index in [-0.39, 0.29) is 17.9 Å². The van der Waals surface area contributed by atoms with Gasteiger partial charge in [0.05, 0.1) is 24.4 Å². The fourth-order valence-electron chi connectivity index (χ4n) is 4.05. The van der Waals surface area contributed by atoms with E-state index in [0.717, 1.165) is 42.9 Å². The van der Waals surface area contributed by atoms with Crippen LogP contribution >= 0.6 is 0 Å². The van der Waals surface area contributed by atoms with Crippen LogP contribution in [0.3, 0.4) is 0 Å². The van der Waals surface area contributed by atoms with Gasteiger partial charge in [-0.15, -0.1) is 0 Å². The van der Waals surface area contributed by atoms with Crippen LogP contribution in [0.2, 0.25) is 0 Å². The number of piperidine rings is 1. The Morgan fingerprint density at radius 3 is 2.72 bits per heavy atom. The van der Waals surface area contributed by atoms with Crippen LogP contribution in [0.1, 0.15) is 59.7 Å². The first-order valence-electron chi connectivity index (χ1n) is 9.98. The molecule has 0 radical (unpaired) electrons. The fraction of sp³-hybridized carbons (Fsp3) is 0.476. The maximum Gasteiger partial charge on any atom is 0.255 e. The third-order valence-electron chi connectivity index (χ3n) is 5.64. The highest BCUT2D eigenvalue weighted by atomic mass is 16.5. The maximum absolute atomic E-state index is 12.8. The molecule has 2 aliphatic rings. The molecule has 0 bridgehead atoms. The molecule has 8 nitrogen and oxygen atoms in total. The van der Waals surface area contributed by atoms with Crippen LogP contribution in [-0.4, -0.2) is 56.8 Å². The van der Waals surface area contributed by atoms with Crippen LogP contribution in [0.4, 0.5) is 0 Å². The van der Waals surface area contributed by atoms with E-state index in [1.165, 1.54) is 6.20 Å². The second-order valence-electron chi connectivity index (χ2n) is 7.49. The number of hydrogen-bond donors (Lipinski definition) is 0. The Labute approximate surface area is 169 Å². The first-order chi connectivity index (χ1) is 14.1. The van der Waals surface area contributed by atoms with Gasteiger partial charge >= 0.3 is 0 Å². The van der Waals surface area contributed by atoms with Gasteiger partial charge in [0.25, 0.3) is 5.91 Å². The normalized spacial score (nSPS) is 18.9. The molecule has 29 heavy (non-hydrogen) atoms. The number of rotatable bonds is 3. The van der Waals surface area contributed by atoms with Gasteiger partial charge < -0.3 is 14.5 Å². The standard InChI is InChI=1S/C21H25N5O3/c1-14(27)26-9-4-3-5-18(26)20-23-12-16-13-25(10-8-17(16)24-20)21(28)15-6-7-19(29-2)22-11-15/h6-7,11-12,18H,3-5,8-10,13H2,1-2H3/t18-/m1/s1. The van der Waals surface area contributed by atoms with Crippen LogP contribution in [0.5, 0.6) is 5.88 Å². The van der Waals surface area contributed by atoms with Crippen LogP contribution < -0.4 is 4.74 Å². The van der Waals surface area contributed by atoms with Crippen molar-refractivity contribution in [2.75, 3.05) is 20.2 Å². The number of carbonyl (C=O) groups is 2. The fourth-order valence-corrected chi connectivity index (χ4v) is 4.05. The van der Waals surface area contributed by atoms with Crippen LogP contribution in [-0.2, 0) is 17.8 Å². The first kappa shape index (κ1) is 19.3. The van der Waals surface area contributed by atoms with Crippen LogP contribution in [0.15, 0.2) is 24.5 Å². The molecule has 152 valence electrons. The van der Waals surface area contributed by atoms with Crippen molar-refractivity contribution in [3.63, 3.8) is 0 Å². The smallest absolute Gasteiger partial charge is 0.255 e. The van der Waals surface area contributed by atoms with Gasteiger partial charge in [-0.1, -0.05) is 0 Å². The molecule has 4 rings (SSSR count). The largest absolute Gasteiger partial charge is 0.481 e. The third-order valence-corrected chi connectivity index (χ3v) is 5.64. The van der Waals surface area contributed by atoms with Crippen molar-refractivity contribution in [1.29, 1.82) is 0 Å². The molecule has 2 amide bonds. The average Bonchev–Trinajstić information content (AvgIpc) is 2.78. The predicted octanol–water partition coefficient (Wildman–Crippen LogP) is 2.15. The minimum Gasteiger partial charge on any atom is -0.481 e. The number of amides is 2. The van der Waals surface area contributed by atoms with Gasteiger partial charge in [-0.2, -0.15) is 0 Å². The summed E-state index contributed by atoms with van der Waals surface area (Å²) in [5.74, 6) is 1.21. The highest BCUT2D eigenvalue weighted by Gasteiger charge is 2.30. The molecule has 4 heterocycles. The summed E-state index contributed by atoms with van der Waals surface area (Å²) in [4.78, 5) is 41.9. The summed E-state index contributed by atoms with van der Waals surface area (Å²) in [7, 11) is 1.54. The molecule has 0 unspecified atom stereocenters. The van der Waals surface area contributed by atoms with Gasteiger partial charge in [0.1, 0.15) is 0 Å². The van der Waals surface area contributed by atoms with Crippen molar-refractivity contribution in [2.24, 2.45) is 0 Å². The van der Waals surface area contributed by atoms with E-state index >= 15 is 0 Å². The van der Waals surface area contributed by atoms with E-state index in [2.05, 4.69) is 9.97 Å². The summed E-state index contributed by atoms with van der Waals surface area (Å²) < 4.78 is 5.05. The Morgan fingerprint density at radius 2 is 2.00 bits per heavy atom. The van der Waals surface area contributed by atoms with Gasteiger partial charge in [-0.25, -0.2) is 15.0 Å². The van der Waals surface area contributed by atoms with Crippen molar-refractivity contribution in [2.45, 2.75) is 45.2 Å². The SMILES string of the molecule is COc1ccc(C(=O)N2CCc3nc([C@H]4CCCCN4C(C)=O)ncc3C2)cn1. The topological polar surface area (TPSA) is 88.5 Å². The van der Waals surface area contributed by atoms with Gasteiger partial charge in [-0.05, 0) is 25.3 Å². The lowest BCUT2D eigenvalue weighted by Crippen LogP contribution is -2.39. The molecule has 8 heteroatoms. The number of methoxy groups -OCH3 is 1. The molecule has 1 saturated heterocycles. The van der Waals surface area contributed by atoms with Gasteiger partial charge in [-0.3, -0.25) is 9.59 Å². The molecule has 2 aromatic rings. The van der Waals surface area contributed by atoms with Gasteiger partial charge in [0.15, 0.2) is 5.82 Å². The number of fused-ring (bicyclic) bond motifs is 1. The zero-order valence-electron chi connectivity index (χ0n) is 16.8. The Morgan fingerprint density at radius 1 is 1.14 bits per heavy atom. The zero-order valence-corrected chi connectivity index (χ0v) is 16.8. The molecular weight excluding hydrogens is 370 g/mol. The molecule has 0 N–H and O–H groups in total. The second kappa shape index (κ2) is 8.14. The molecule has 1 atom stereocenters. The average molecular weight is 395 g/mol. The minimum atomic E-state index is -0.0649. The summed E-state index contributed by atoms with van der Waals surface area (Å²) in [6.45, 7) is 3.43. The molecule has 2 aliphatic heterocycles. The molecule has 2 aromatic heterocycles. The zero-order chi connectivity index (χ0) is 20.4. The molecule has 0 saturated carbocycles. The number of likely N-dealkylation sites (tertiary alicyclic amines) is 1. The molecular formula is C21H25N5O3. The molecule has 0 spiro atoms. The monoisotopic (exact) mass is 395 g/mol. The Bertz CT molecular complexity index is 915. The van der Waals surface area contributed by atoms with Crippen molar-refractivity contribution in [1.82, 2.24) is 24.8 Å². The number of pyridine rings is 1. The summed E-state index contributed by atoms with van der Waals surface area (Å²) in [5, 5.41) is 0. The molecule has 1 fully saturated rings. The number of ether oxygens (including phenoxy) is 1. The van der Waals surface area contributed by atoms with Crippen LogP contribution in [0, 0.1) is 0 Å². The lowest BCUT2D eigenvalue weighted by molar-refractivity contribution is -0.132. The first-order valence-corrected chi connectivity index (χ1v) is 9.98. The van der Waals surface area contributed by atoms with E-state index in [9.17, 15) is 9.59 Å². The highest BCUT2D eigenvalue weighted by molar-refractivity contribution is 5.94. The lowest BCUT2D eigenvalue weighted by atomic mass is 10.00. The van der Waals surface area contributed by atoms with Gasteiger partial charge in [0, 0.05) is 57.0 Å². The summed E-state index contributed by atoms with van der Waals surface area (Å²) in [5.41, 5.74) is 2.46. The quantitative estimate of drug-likeness (QED) is 0.791. The van der Waals surface area contributed by atoms with E-state index in [4.69, 9.17) is 9.72 Å². The highest BCUT2D eigenvalue weighted by Crippen LogP contribution is 2.30.